The number of anilines is 1. The normalized spacial score (nSPS) is 17.4. The Morgan fingerprint density at radius 3 is 2.84 bits per heavy atom. The molecule has 1 N–H and O–H groups in total. The standard InChI is InChI=1S/C17H21N5O3/c1-11-4-5-12(16(23)21(11)3)17(24)22-8-9-25-13(10-22)14-15(18-2)20-7-6-19-14/h4-7,13H,8-10H2,1-3H3,(H,18,20)/t13-/m1/s1. The summed E-state index contributed by atoms with van der Waals surface area (Å²) in [5.74, 6) is 0.330. The third-order valence-corrected chi connectivity index (χ3v) is 4.41. The summed E-state index contributed by atoms with van der Waals surface area (Å²) in [5.41, 5.74) is 1.34. The number of carbonyl (C=O) groups is 1. The summed E-state index contributed by atoms with van der Waals surface area (Å²) in [5, 5.41) is 2.98. The zero-order valence-corrected chi connectivity index (χ0v) is 14.5. The summed E-state index contributed by atoms with van der Waals surface area (Å²) in [4.78, 5) is 35.4. The van der Waals surface area contributed by atoms with E-state index in [1.165, 1.54) is 4.57 Å². The van der Waals surface area contributed by atoms with Crippen LogP contribution < -0.4 is 10.9 Å². The number of morpholine rings is 1. The molecule has 2 aromatic rings. The van der Waals surface area contributed by atoms with Gasteiger partial charge in [-0.05, 0) is 19.1 Å². The second-order valence-electron chi connectivity index (χ2n) is 5.90. The van der Waals surface area contributed by atoms with Crippen LogP contribution in [0.5, 0.6) is 0 Å². The van der Waals surface area contributed by atoms with E-state index in [0.717, 1.165) is 5.69 Å². The molecule has 0 radical (unpaired) electrons. The fourth-order valence-corrected chi connectivity index (χ4v) is 2.84. The summed E-state index contributed by atoms with van der Waals surface area (Å²) in [7, 11) is 3.42. The molecule has 1 fully saturated rings. The van der Waals surface area contributed by atoms with E-state index >= 15 is 0 Å². The van der Waals surface area contributed by atoms with E-state index in [1.54, 1.807) is 43.5 Å². The van der Waals surface area contributed by atoms with Crippen LogP contribution in [0.1, 0.15) is 27.8 Å². The SMILES string of the molecule is CNc1nccnc1[C@H]1CN(C(=O)c2ccc(C)n(C)c2=O)CCO1. The van der Waals surface area contributed by atoms with Crippen LogP contribution >= 0.6 is 0 Å². The van der Waals surface area contributed by atoms with Gasteiger partial charge in [-0.25, -0.2) is 4.98 Å². The van der Waals surface area contributed by atoms with Crippen molar-refractivity contribution in [2.75, 3.05) is 32.1 Å². The van der Waals surface area contributed by atoms with Gasteiger partial charge in [-0.15, -0.1) is 0 Å². The number of aryl methyl sites for hydroxylation is 1. The number of amides is 1. The molecule has 8 nitrogen and oxygen atoms in total. The van der Waals surface area contributed by atoms with Gasteiger partial charge in [0.1, 0.15) is 23.2 Å². The number of nitrogens with zero attached hydrogens (tertiary/aromatic N) is 4. The summed E-state index contributed by atoms with van der Waals surface area (Å²) in [6.45, 7) is 2.96. The number of rotatable bonds is 3. The molecule has 1 atom stereocenters. The molecule has 1 aliphatic rings. The zero-order chi connectivity index (χ0) is 18.0. The smallest absolute Gasteiger partial charge is 0.263 e. The second-order valence-corrected chi connectivity index (χ2v) is 5.90. The first-order valence-corrected chi connectivity index (χ1v) is 8.09. The molecule has 3 heterocycles. The van der Waals surface area contributed by atoms with Crippen molar-refractivity contribution < 1.29 is 9.53 Å². The first kappa shape index (κ1) is 17.1. The van der Waals surface area contributed by atoms with E-state index in [4.69, 9.17) is 4.74 Å². The largest absolute Gasteiger partial charge is 0.372 e. The lowest BCUT2D eigenvalue weighted by molar-refractivity contribution is -0.0246. The Morgan fingerprint density at radius 2 is 2.08 bits per heavy atom. The molecular weight excluding hydrogens is 322 g/mol. The highest BCUT2D eigenvalue weighted by Crippen LogP contribution is 2.25. The van der Waals surface area contributed by atoms with Gasteiger partial charge in [0, 0.05) is 38.7 Å². The topological polar surface area (TPSA) is 89.4 Å². The predicted molar refractivity (Wildman–Crippen MR) is 92.6 cm³/mol. The van der Waals surface area contributed by atoms with Crippen LogP contribution in [0.3, 0.4) is 0 Å². The Morgan fingerprint density at radius 1 is 1.32 bits per heavy atom. The fraction of sp³-hybridized carbons (Fsp3) is 0.412. The lowest BCUT2D eigenvalue weighted by Crippen LogP contribution is -2.44. The highest BCUT2D eigenvalue weighted by atomic mass is 16.5. The van der Waals surface area contributed by atoms with E-state index in [1.807, 2.05) is 6.92 Å². The number of hydrogen-bond acceptors (Lipinski definition) is 6. The quantitative estimate of drug-likeness (QED) is 0.884. The van der Waals surface area contributed by atoms with Gasteiger partial charge in [0.2, 0.25) is 0 Å². The van der Waals surface area contributed by atoms with Crippen molar-refractivity contribution in [1.29, 1.82) is 0 Å². The summed E-state index contributed by atoms with van der Waals surface area (Å²) in [6.07, 6.45) is 2.80. The molecule has 1 amide bonds. The van der Waals surface area contributed by atoms with Crippen molar-refractivity contribution in [3.63, 3.8) is 0 Å². The molecule has 1 saturated heterocycles. The van der Waals surface area contributed by atoms with Crippen LogP contribution in [0.4, 0.5) is 5.82 Å². The highest BCUT2D eigenvalue weighted by Gasteiger charge is 2.30. The first-order valence-electron chi connectivity index (χ1n) is 8.09. The van der Waals surface area contributed by atoms with Crippen molar-refractivity contribution >= 4 is 11.7 Å². The van der Waals surface area contributed by atoms with Gasteiger partial charge in [0.05, 0.1) is 13.2 Å². The minimum atomic E-state index is -0.386. The maximum absolute atomic E-state index is 12.8. The molecule has 0 aliphatic carbocycles. The summed E-state index contributed by atoms with van der Waals surface area (Å²) < 4.78 is 7.26. The van der Waals surface area contributed by atoms with Gasteiger partial charge in [-0.1, -0.05) is 0 Å². The molecular formula is C17H21N5O3. The van der Waals surface area contributed by atoms with Crippen molar-refractivity contribution in [1.82, 2.24) is 19.4 Å². The summed E-state index contributed by atoms with van der Waals surface area (Å²) in [6, 6.07) is 3.36. The van der Waals surface area contributed by atoms with E-state index in [9.17, 15) is 9.59 Å². The zero-order valence-electron chi connectivity index (χ0n) is 14.5. The molecule has 2 aromatic heterocycles. The molecule has 0 spiro atoms. The van der Waals surface area contributed by atoms with Crippen LogP contribution in [0.2, 0.25) is 0 Å². The van der Waals surface area contributed by atoms with Crippen molar-refractivity contribution in [3.8, 4) is 0 Å². The monoisotopic (exact) mass is 343 g/mol. The van der Waals surface area contributed by atoms with Gasteiger partial charge < -0.3 is 19.5 Å². The number of carbonyl (C=O) groups excluding carboxylic acids is 1. The van der Waals surface area contributed by atoms with Crippen LogP contribution in [-0.4, -0.2) is 52.1 Å². The lowest BCUT2D eigenvalue weighted by Gasteiger charge is -2.33. The Hall–Kier alpha value is -2.74. The van der Waals surface area contributed by atoms with Crippen LogP contribution in [0.15, 0.2) is 29.3 Å². The Labute approximate surface area is 145 Å². The number of ether oxygens (including phenoxy) is 1. The molecule has 0 unspecified atom stereocenters. The molecule has 0 bridgehead atoms. The predicted octanol–water partition coefficient (Wildman–Crippen LogP) is 0.739. The second kappa shape index (κ2) is 7.02. The van der Waals surface area contributed by atoms with E-state index in [0.29, 0.717) is 31.2 Å². The van der Waals surface area contributed by atoms with Gasteiger partial charge in [0.15, 0.2) is 0 Å². The average molecular weight is 343 g/mol. The van der Waals surface area contributed by atoms with E-state index in [2.05, 4.69) is 15.3 Å². The molecule has 0 saturated carbocycles. The van der Waals surface area contributed by atoms with Crippen molar-refractivity contribution in [3.05, 3.63) is 51.8 Å². The van der Waals surface area contributed by atoms with Crippen LogP contribution in [0, 0.1) is 6.92 Å². The maximum atomic E-state index is 12.8. The number of aromatic nitrogens is 3. The van der Waals surface area contributed by atoms with E-state index in [-0.39, 0.29) is 23.1 Å². The molecule has 25 heavy (non-hydrogen) atoms. The van der Waals surface area contributed by atoms with Crippen LogP contribution in [0.25, 0.3) is 0 Å². The Bertz CT molecular complexity index is 848. The Balaban J connectivity index is 1.85. The third-order valence-electron chi connectivity index (χ3n) is 4.41. The molecule has 8 heteroatoms. The highest BCUT2D eigenvalue weighted by molar-refractivity contribution is 5.94. The fourth-order valence-electron chi connectivity index (χ4n) is 2.84. The van der Waals surface area contributed by atoms with Gasteiger partial charge in [-0.3, -0.25) is 14.6 Å². The maximum Gasteiger partial charge on any atom is 0.263 e. The first-order chi connectivity index (χ1) is 12.0. The lowest BCUT2D eigenvalue weighted by atomic mass is 10.1. The average Bonchev–Trinajstić information content (AvgIpc) is 2.66. The van der Waals surface area contributed by atoms with E-state index < -0.39 is 0 Å². The molecule has 3 rings (SSSR count). The van der Waals surface area contributed by atoms with Gasteiger partial charge in [-0.2, -0.15) is 0 Å². The summed E-state index contributed by atoms with van der Waals surface area (Å²) >= 11 is 0. The Kier molecular flexibility index (Phi) is 4.80. The van der Waals surface area contributed by atoms with Gasteiger partial charge in [0.25, 0.3) is 11.5 Å². The number of nitrogens with one attached hydrogen (secondary N) is 1. The molecule has 132 valence electrons. The van der Waals surface area contributed by atoms with Gasteiger partial charge >= 0.3 is 0 Å². The molecule has 0 aromatic carbocycles. The number of hydrogen-bond donors (Lipinski definition) is 1. The van der Waals surface area contributed by atoms with Crippen LogP contribution in [-0.2, 0) is 11.8 Å². The third kappa shape index (κ3) is 3.25. The van der Waals surface area contributed by atoms with Crippen molar-refractivity contribution in [2.24, 2.45) is 7.05 Å². The minimum absolute atomic E-state index is 0.168. The molecule has 1 aliphatic heterocycles. The minimum Gasteiger partial charge on any atom is -0.372 e. The van der Waals surface area contributed by atoms with Crippen molar-refractivity contribution in [2.45, 2.75) is 13.0 Å². The number of pyridine rings is 1.